The van der Waals surface area contributed by atoms with Crippen LogP contribution in [0, 0.1) is 0 Å². The molecule has 0 bridgehead atoms. The average Bonchev–Trinajstić information content (AvgIpc) is 2.70. The topological polar surface area (TPSA) is 84.9 Å². The molecule has 158 valence electrons. The number of hydrogen-bond donors (Lipinski definition) is 1. The van der Waals surface area contributed by atoms with Gasteiger partial charge in [-0.2, -0.15) is 0 Å². The summed E-state index contributed by atoms with van der Waals surface area (Å²) in [5, 5.41) is 2.84. The molecule has 0 saturated heterocycles. The van der Waals surface area contributed by atoms with Gasteiger partial charge in [0.15, 0.2) is 11.5 Å². The molecule has 1 unspecified atom stereocenters. The van der Waals surface area contributed by atoms with Crippen molar-refractivity contribution in [3.8, 4) is 11.5 Å². The molecule has 0 aliphatic carbocycles. The van der Waals surface area contributed by atoms with Crippen molar-refractivity contribution >= 4 is 21.6 Å². The molecule has 1 atom stereocenters. The lowest BCUT2D eigenvalue weighted by Gasteiger charge is -2.23. The van der Waals surface area contributed by atoms with Crippen LogP contribution in [0.25, 0.3) is 0 Å². The Labute approximate surface area is 172 Å². The minimum Gasteiger partial charge on any atom is -0.493 e. The van der Waals surface area contributed by atoms with Gasteiger partial charge in [0.1, 0.15) is 6.54 Å². The summed E-state index contributed by atoms with van der Waals surface area (Å²) >= 11 is 0. The molecule has 0 spiro atoms. The number of methoxy groups -OCH3 is 2. The van der Waals surface area contributed by atoms with Crippen LogP contribution in [0.3, 0.4) is 0 Å². The van der Waals surface area contributed by atoms with Gasteiger partial charge in [-0.05, 0) is 48.7 Å². The van der Waals surface area contributed by atoms with Crippen LogP contribution in [0.5, 0.6) is 11.5 Å². The summed E-state index contributed by atoms with van der Waals surface area (Å²) in [7, 11) is -0.525. The summed E-state index contributed by atoms with van der Waals surface area (Å²) in [5.74, 6) is 0.741. The molecule has 0 radical (unpaired) electrons. The standard InChI is InChI=1S/C21H28N2O5S/c1-6-16-7-10-18(11-8-16)23(29(5,25)26)14-21(24)22-15(2)17-9-12-19(27-3)20(13-17)28-4/h7-13,15H,6,14H2,1-5H3,(H,22,24). The molecular weight excluding hydrogens is 392 g/mol. The highest BCUT2D eigenvalue weighted by Gasteiger charge is 2.22. The van der Waals surface area contributed by atoms with E-state index in [4.69, 9.17) is 9.47 Å². The average molecular weight is 421 g/mol. The largest absolute Gasteiger partial charge is 0.493 e. The molecule has 8 heteroatoms. The van der Waals surface area contributed by atoms with Gasteiger partial charge in [0.2, 0.25) is 15.9 Å². The van der Waals surface area contributed by atoms with Crippen LogP contribution >= 0.6 is 0 Å². The summed E-state index contributed by atoms with van der Waals surface area (Å²) in [6.07, 6.45) is 1.94. The van der Waals surface area contributed by atoms with Gasteiger partial charge in [0.25, 0.3) is 0 Å². The number of carbonyl (C=O) groups excluding carboxylic acids is 1. The van der Waals surface area contributed by atoms with Crippen molar-refractivity contribution in [1.82, 2.24) is 5.32 Å². The van der Waals surface area contributed by atoms with Gasteiger partial charge in [-0.25, -0.2) is 8.42 Å². The van der Waals surface area contributed by atoms with Crippen LogP contribution in [0.4, 0.5) is 5.69 Å². The Balaban J connectivity index is 2.15. The first-order chi connectivity index (χ1) is 13.7. The lowest BCUT2D eigenvalue weighted by Crippen LogP contribution is -2.41. The molecule has 0 aliphatic heterocycles. The van der Waals surface area contributed by atoms with Crippen LogP contribution in [0.15, 0.2) is 42.5 Å². The van der Waals surface area contributed by atoms with Gasteiger partial charge in [0, 0.05) is 0 Å². The number of rotatable bonds is 9. The second-order valence-corrected chi connectivity index (χ2v) is 8.60. The van der Waals surface area contributed by atoms with Crippen molar-refractivity contribution in [3.05, 3.63) is 53.6 Å². The molecule has 0 fully saturated rings. The lowest BCUT2D eigenvalue weighted by molar-refractivity contribution is -0.120. The van der Waals surface area contributed by atoms with Crippen molar-refractivity contribution in [1.29, 1.82) is 0 Å². The van der Waals surface area contributed by atoms with E-state index in [-0.39, 0.29) is 12.6 Å². The molecule has 7 nitrogen and oxygen atoms in total. The first-order valence-corrected chi connectivity index (χ1v) is 11.1. The Morgan fingerprint density at radius 2 is 1.69 bits per heavy atom. The molecule has 0 saturated carbocycles. The molecule has 0 aromatic heterocycles. The number of nitrogens with zero attached hydrogens (tertiary/aromatic N) is 1. The van der Waals surface area contributed by atoms with Gasteiger partial charge in [-0.3, -0.25) is 9.10 Å². The van der Waals surface area contributed by atoms with Gasteiger partial charge in [-0.1, -0.05) is 25.1 Å². The highest BCUT2D eigenvalue weighted by Crippen LogP contribution is 2.30. The van der Waals surface area contributed by atoms with Crippen molar-refractivity contribution in [2.24, 2.45) is 0 Å². The predicted octanol–water partition coefficient (Wildman–Crippen LogP) is 2.91. The zero-order chi connectivity index (χ0) is 21.6. The van der Waals surface area contributed by atoms with E-state index < -0.39 is 15.9 Å². The van der Waals surface area contributed by atoms with Crippen molar-refractivity contribution in [2.75, 3.05) is 31.3 Å². The second-order valence-electron chi connectivity index (χ2n) is 6.69. The van der Waals surface area contributed by atoms with Crippen molar-refractivity contribution in [3.63, 3.8) is 0 Å². The third-order valence-corrected chi connectivity index (χ3v) is 5.75. The van der Waals surface area contributed by atoms with Crippen LogP contribution in [-0.4, -0.2) is 41.3 Å². The van der Waals surface area contributed by atoms with Gasteiger partial charge < -0.3 is 14.8 Å². The van der Waals surface area contributed by atoms with E-state index in [1.165, 1.54) is 0 Å². The number of anilines is 1. The van der Waals surface area contributed by atoms with Gasteiger partial charge in [0.05, 0.1) is 32.2 Å². The summed E-state index contributed by atoms with van der Waals surface area (Å²) in [4.78, 5) is 12.6. The first kappa shape index (κ1) is 22.5. The van der Waals surface area contributed by atoms with Crippen LogP contribution in [0.1, 0.15) is 31.0 Å². The Kier molecular flexibility index (Phi) is 7.50. The molecule has 1 amide bonds. The van der Waals surface area contributed by atoms with E-state index in [0.717, 1.165) is 28.1 Å². The molecule has 2 aromatic carbocycles. The molecule has 29 heavy (non-hydrogen) atoms. The minimum absolute atomic E-state index is 0.304. The third kappa shape index (κ3) is 5.87. The SMILES string of the molecule is CCc1ccc(N(CC(=O)NC(C)c2ccc(OC)c(OC)c2)S(C)(=O)=O)cc1. The number of aryl methyl sites for hydroxylation is 1. The minimum atomic E-state index is -3.62. The van der Waals surface area contributed by atoms with Crippen LogP contribution in [-0.2, 0) is 21.2 Å². The molecule has 1 N–H and O–H groups in total. The van der Waals surface area contributed by atoms with E-state index in [2.05, 4.69) is 5.32 Å². The lowest BCUT2D eigenvalue weighted by atomic mass is 10.1. The number of sulfonamides is 1. The Morgan fingerprint density at radius 3 is 2.21 bits per heavy atom. The van der Waals surface area contributed by atoms with E-state index in [0.29, 0.717) is 17.2 Å². The Bertz CT molecular complexity index is 942. The summed E-state index contributed by atoms with van der Waals surface area (Å²) in [5.41, 5.74) is 2.36. The highest BCUT2D eigenvalue weighted by atomic mass is 32.2. The highest BCUT2D eigenvalue weighted by molar-refractivity contribution is 7.92. The maximum atomic E-state index is 12.6. The quantitative estimate of drug-likeness (QED) is 0.674. The molecule has 0 heterocycles. The number of nitrogens with one attached hydrogen (secondary N) is 1. The third-order valence-electron chi connectivity index (χ3n) is 4.61. The maximum Gasteiger partial charge on any atom is 0.241 e. The number of hydrogen-bond acceptors (Lipinski definition) is 5. The van der Waals surface area contributed by atoms with Crippen LogP contribution in [0.2, 0.25) is 0 Å². The molecule has 2 aromatic rings. The zero-order valence-corrected chi connectivity index (χ0v) is 18.2. The number of amides is 1. The van der Waals surface area contributed by atoms with E-state index in [9.17, 15) is 13.2 Å². The predicted molar refractivity (Wildman–Crippen MR) is 114 cm³/mol. The monoisotopic (exact) mass is 420 g/mol. The zero-order valence-electron chi connectivity index (χ0n) is 17.4. The van der Waals surface area contributed by atoms with Gasteiger partial charge >= 0.3 is 0 Å². The smallest absolute Gasteiger partial charge is 0.241 e. The molecular formula is C21H28N2O5S. The van der Waals surface area contributed by atoms with Crippen molar-refractivity contribution in [2.45, 2.75) is 26.3 Å². The summed E-state index contributed by atoms with van der Waals surface area (Å²) < 4.78 is 36.1. The molecule has 0 aliphatic rings. The molecule has 2 rings (SSSR count). The van der Waals surface area contributed by atoms with Gasteiger partial charge in [-0.15, -0.1) is 0 Å². The van der Waals surface area contributed by atoms with Crippen molar-refractivity contribution < 1.29 is 22.7 Å². The fourth-order valence-electron chi connectivity index (χ4n) is 2.92. The fraction of sp³-hybridized carbons (Fsp3) is 0.381. The van der Waals surface area contributed by atoms with E-state index >= 15 is 0 Å². The number of ether oxygens (including phenoxy) is 2. The first-order valence-electron chi connectivity index (χ1n) is 9.27. The fourth-order valence-corrected chi connectivity index (χ4v) is 3.78. The van der Waals surface area contributed by atoms with E-state index in [1.807, 2.05) is 32.0 Å². The normalized spacial score (nSPS) is 12.2. The Morgan fingerprint density at radius 1 is 1.07 bits per heavy atom. The Hall–Kier alpha value is -2.74. The summed E-state index contributed by atoms with van der Waals surface area (Å²) in [6, 6.07) is 12.2. The number of benzene rings is 2. The number of carbonyl (C=O) groups is 1. The maximum absolute atomic E-state index is 12.6. The summed E-state index contributed by atoms with van der Waals surface area (Å²) in [6.45, 7) is 3.54. The second kappa shape index (κ2) is 9.65. The van der Waals surface area contributed by atoms with E-state index in [1.54, 1.807) is 38.5 Å². The van der Waals surface area contributed by atoms with Crippen LogP contribution < -0.4 is 19.1 Å².